The molecule has 0 bridgehead atoms. The number of carbonyl (C=O) groups excluding carboxylic acids is 1. The lowest BCUT2D eigenvalue weighted by Gasteiger charge is -2.26. The minimum Gasteiger partial charge on any atom is -0.458 e. The van der Waals surface area contributed by atoms with E-state index in [2.05, 4.69) is 0 Å². The number of carbonyl (C=O) groups is 1. The van der Waals surface area contributed by atoms with Crippen LogP contribution in [0.3, 0.4) is 0 Å². The van der Waals surface area contributed by atoms with E-state index in [-0.39, 0.29) is 24.5 Å². The molecular formula is C22H24N2O4S. The van der Waals surface area contributed by atoms with Gasteiger partial charge in [-0.25, -0.2) is 13.2 Å². The monoisotopic (exact) mass is 412 g/mol. The van der Waals surface area contributed by atoms with Gasteiger partial charge in [-0.15, -0.1) is 0 Å². The number of nitrogens with zero attached hydrogens (tertiary/aromatic N) is 2. The Labute approximate surface area is 172 Å². The minimum absolute atomic E-state index is 0.0266. The zero-order chi connectivity index (χ0) is 21.3. The van der Waals surface area contributed by atoms with Crippen LogP contribution in [0.2, 0.25) is 0 Å². The molecule has 6 nitrogen and oxygen atoms in total. The molecule has 0 radical (unpaired) electrons. The number of hydrogen-bond acceptors (Lipinski definition) is 5. The lowest BCUT2D eigenvalue weighted by molar-refractivity contribution is 0.0549. The third-order valence-corrected chi connectivity index (χ3v) is 6.27. The first-order valence-corrected chi connectivity index (χ1v) is 10.6. The van der Waals surface area contributed by atoms with Crippen LogP contribution >= 0.6 is 0 Å². The number of rotatable bonds is 9. The van der Waals surface area contributed by atoms with Crippen molar-refractivity contribution in [2.75, 3.05) is 13.2 Å². The third kappa shape index (κ3) is 6.28. The van der Waals surface area contributed by atoms with Gasteiger partial charge in [0.15, 0.2) is 0 Å². The molecule has 0 heterocycles. The number of aryl methyl sites for hydroxylation is 1. The maximum absolute atomic E-state index is 13.0. The van der Waals surface area contributed by atoms with Gasteiger partial charge in [0, 0.05) is 12.6 Å². The fraction of sp³-hybridized carbons (Fsp3) is 0.273. The Bertz CT molecular complexity index is 978. The van der Waals surface area contributed by atoms with Gasteiger partial charge in [-0.2, -0.15) is 9.57 Å². The van der Waals surface area contributed by atoms with E-state index in [9.17, 15) is 13.2 Å². The second kappa shape index (κ2) is 10.6. The molecule has 152 valence electrons. The van der Waals surface area contributed by atoms with E-state index in [1.54, 1.807) is 67.6 Å². The molecule has 0 aliphatic heterocycles. The first kappa shape index (κ1) is 22.3. The first-order chi connectivity index (χ1) is 13.9. The summed E-state index contributed by atoms with van der Waals surface area (Å²) in [5.74, 6) is -0.447. The summed E-state index contributed by atoms with van der Waals surface area (Å²) < 4.78 is 32.5. The third-order valence-electron chi connectivity index (χ3n) is 4.28. The molecular weight excluding hydrogens is 388 g/mol. The van der Waals surface area contributed by atoms with E-state index in [4.69, 9.17) is 10.00 Å². The maximum Gasteiger partial charge on any atom is 0.338 e. The van der Waals surface area contributed by atoms with Crippen molar-refractivity contribution in [3.8, 4) is 6.07 Å². The first-order valence-electron chi connectivity index (χ1n) is 9.19. The summed E-state index contributed by atoms with van der Waals surface area (Å²) in [5.41, 5.74) is 1.41. The summed E-state index contributed by atoms with van der Waals surface area (Å²) in [6.07, 6.45) is 3.29. The topological polar surface area (TPSA) is 87.5 Å². The fourth-order valence-electron chi connectivity index (χ4n) is 2.62. The van der Waals surface area contributed by atoms with Gasteiger partial charge in [0.25, 0.3) is 0 Å². The fourth-order valence-corrected chi connectivity index (χ4v) is 4.20. The quantitative estimate of drug-likeness (QED) is 0.463. The van der Waals surface area contributed by atoms with Gasteiger partial charge in [0.1, 0.15) is 6.61 Å². The van der Waals surface area contributed by atoms with Gasteiger partial charge in [-0.05, 0) is 44.2 Å². The second-order valence-electron chi connectivity index (χ2n) is 6.53. The van der Waals surface area contributed by atoms with E-state index >= 15 is 0 Å². The Kier molecular flexibility index (Phi) is 8.13. The van der Waals surface area contributed by atoms with Gasteiger partial charge in [-0.3, -0.25) is 0 Å². The molecule has 1 atom stereocenters. The highest BCUT2D eigenvalue weighted by atomic mass is 32.2. The van der Waals surface area contributed by atoms with Crippen LogP contribution in [-0.2, 0) is 14.8 Å². The Morgan fingerprint density at radius 2 is 1.79 bits per heavy atom. The van der Waals surface area contributed by atoms with E-state index in [0.717, 1.165) is 5.56 Å². The van der Waals surface area contributed by atoms with E-state index in [1.807, 2.05) is 19.1 Å². The molecule has 0 unspecified atom stereocenters. The lowest BCUT2D eigenvalue weighted by atomic mass is 10.2. The Hall–Kier alpha value is -2.95. The molecule has 0 aliphatic carbocycles. The number of esters is 1. The van der Waals surface area contributed by atoms with Crippen molar-refractivity contribution in [1.82, 2.24) is 4.31 Å². The molecule has 0 N–H and O–H groups in total. The van der Waals surface area contributed by atoms with E-state index < -0.39 is 22.0 Å². The summed E-state index contributed by atoms with van der Waals surface area (Å²) >= 11 is 0. The smallest absolute Gasteiger partial charge is 0.338 e. The summed E-state index contributed by atoms with van der Waals surface area (Å²) in [5, 5.41) is 8.99. The molecule has 2 aromatic rings. The summed E-state index contributed by atoms with van der Waals surface area (Å²) in [6, 6.07) is 16.7. The number of sulfonamides is 1. The van der Waals surface area contributed by atoms with Crippen LogP contribution in [0.5, 0.6) is 0 Å². The zero-order valence-electron chi connectivity index (χ0n) is 16.5. The number of hydrogen-bond donors (Lipinski definition) is 0. The van der Waals surface area contributed by atoms with Crippen molar-refractivity contribution in [2.45, 2.75) is 31.2 Å². The molecule has 7 heteroatoms. The van der Waals surface area contributed by atoms with Crippen molar-refractivity contribution in [2.24, 2.45) is 0 Å². The molecule has 0 fully saturated rings. The number of nitriles is 1. The average Bonchev–Trinajstić information content (AvgIpc) is 2.71. The van der Waals surface area contributed by atoms with Crippen LogP contribution in [0, 0.1) is 18.3 Å². The summed E-state index contributed by atoms with van der Waals surface area (Å²) in [7, 11) is -3.76. The normalized spacial score (nSPS) is 12.6. The number of benzene rings is 2. The van der Waals surface area contributed by atoms with Crippen molar-refractivity contribution >= 4 is 16.0 Å². The minimum atomic E-state index is -3.76. The predicted molar refractivity (Wildman–Crippen MR) is 111 cm³/mol. The molecule has 2 aromatic carbocycles. The van der Waals surface area contributed by atoms with Crippen molar-refractivity contribution in [1.29, 1.82) is 5.26 Å². The standard InChI is InChI=1S/C22H24N2O4S/c1-18-10-12-21(13-11-18)29(26,27)24(19(2)14-15-23)16-6-7-17-28-22(25)20-8-4-3-5-9-20/h3-13,19H,14,16-17H2,1-2H3/b7-6-/t19-/m0/s1. The van der Waals surface area contributed by atoms with Crippen LogP contribution in [-0.4, -0.2) is 37.9 Å². The van der Waals surface area contributed by atoms with E-state index in [1.165, 1.54) is 4.31 Å². The average molecular weight is 413 g/mol. The molecule has 0 spiro atoms. The lowest BCUT2D eigenvalue weighted by Crippen LogP contribution is -2.38. The molecule has 0 aromatic heterocycles. The van der Waals surface area contributed by atoms with Gasteiger partial charge in [0.2, 0.25) is 10.0 Å². The van der Waals surface area contributed by atoms with Crippen LogP contribution in [0.4, 0.5) is 0 Å². The molecule has 29 heavy (non-hydrogen) atoms. The number of ether oxygens (including phenoxy) is 1. The van der Waals surface area contributed by atoms with Gasteiger partial charge in [-0.1, -0.05) is 42.0 Å². The zero-order valence-corrected chi connectivity index (χ0v) is 17.3. The summed E-state index contributed by atoms with van der Waals surface area (Å²) in [6.45, 7) is 3.67. The molecule has 2 rings (SSSR count). The van der Waals surface area contributed by atoms with Crippen molar-refractivity contribution in [3.63, 3.8) is 0 Å². The predicted octanol–water partition coefficient (Wildman–Crippen LogP) is 3.70. The van der Waals surface area contributed by atoms with Crippen LogP contribution in [0.1, 0.15) is 29.3 Å². The molecule has 0 amide bonds. The van der Waals surface area contributed by atoms with Crippen molar-refractivity contribution in [3.05, 3.63) is 77.9 Å². The van der Waals surface area contributed by atoms with Gasteiger partial charge in [0.05, 0.1) is 22.9 Å². The Balaban J connectivity index is 2.05. The highest BCUT2D eigenvalue weighted by Gasteiger charge is 2.28. The SMILES string of the molecule is Cc1ccc(S(=O)(=O)N(C/C=C\COC(=O)c2ccccc2)[C@@H](C)CC#N)cc1. The molecule has 0 saturated heterocycles. The van der Waals surface area contributed by atoms with Crippen LogP contribution < -0.4 is 0 Å². The summed E-state index contributed by atoms with van der Waals surface area (Å²) in [4.78, 5) is 12.1. The van der Waals surface area contributed by atoms with Crippen molar-refractivity contribution < 1.29 is 17.9 Å². The van der Waals surface area contributed by atoms with Crippen LogP contribution in [0.25, 0.3) is 0 Å². The Morgan fingerprint density at radius 1 is 1.14 bits per heavy atom. The highest BCUT2D eigenvalue weighted by Crippen LogP contribution is 2.20. The van der Waals surface area contributed by atoms with E-state index in [0.29, 0.717) is 5.56 Å². The van der Waals surface area contributed by atoms with Gasteiger partial charge < -0.3 is 4.74 Å². The van der Waals surface area contributed by atoms with Crippen LogP contribution in [0.15, 0.2) is 71.6 Å². The molecule has 0 aliphatic rings. The Morgan fingerprint density at radius 3 is 2.41 bits per heavy atom. The largest absolute Gasteiger partial charge is 0.458 e. The molecule has 0 saturated carbocycles. The second-order valence-corrected chi connectivity index (χ2v) is 8.43. The maximum atomic E-state index is 13.0. The highest BCUT2D eigenvalue weighted by molar-refractivity contribution is 7.89. The van der Waals surface area contributed by atoms with Gasteiger partial charge >= 0.3 is 5.97 Å².